The number of rotatable bonds is 4. The average molecular weight is 464 g/mol. The van der Waals surface area contributed by atoms with Gasteiger partial charge in [-0.15, -0.1) is 0 Å². The molecule has 0 aliphatic carbocycles. The van der Waals surface area contributed by atoms with Gasteiger partial charge in [0, 0.05) is 43.0 Å². The van der Waals surface area contributed by atoms with E-state index >= 15 is 0 Å². The Balaban J connectivity index is 1.21. The minimum atomic E-state index is -0.259. The van der Waals surface area contributed by atoms with E-state index in [1.807, 2.05) is 47.4 Å². The van der Waals surface area contributed by atoms with Crippen LogP contribution in [0.4, 0.5) is 11.4 Å². The minimum Gasteiger partial charge on any atom is -0.454 e. The van der Waals surface area contributed by atoms with Crippen molar-refractivity contribution in [1.82, 2.24) is 4.90 Å². The second-order valence-corrected chi connectivity index (χ2v) is 8.24. The van der Waals surface area contributed by atoms with Crippen molar-refractivity contribution in [2.75, 3.05) is 43.2 Å². The molecule has 0 atom stereocenters. The van der Waals surface area contributed by atoms with Crippen LogP contribution < -0.4 is 19.7 Å². The maximum absolute atomic E-state index is 12.7. The Bertz CT molecular complexity index is 1190. The number of amides is 2. The van der Waals surface area contributed by atoms with Gasteiger partial charge in [0.15, 0.2) is 11.5 Å². The molecule has 0 aromatic heterocycles. The van der Waals surface area contributed by atoms with Crippen molar-refractivity contribution in [3.63, 3.8) is 0 Å². The molecular formula is C25H22ClN3O4. The van der Waals surface area contributed by atoms with Gasteiger partial charge in [-0.1, -0.05) is 29.8 Å². The van der Waals surface area contributed by atoms with Gasteiger partial charge in [0.05, 0.1) is 10.7 Å². The SMILES string of the molecule is O=C(Nc1ccc(N2CCN(C(=O)c3ccccc3)CC2)c(Cl)c1)c1ccc2c(c1)OCO2. The Morgan fingerprint density at radius 2 is 1.58 bits per heavy atom. The Morgan fingerprint density at radius 1 is 0.818 bits per heavy atom. The highest BCUT2D eigenvalue weighted by Crippen LogP contribution is 2.33. The molecule has 0 radical (unpaired) electrons. The number of hydrogen-bond donors (Lipinski definition) is 1. The van der Waals surface area contributed by atoms with Crippen molar-refractivity contribution in [1.29, 1.82) is 0 Å². The Kier molecular flexibility index (Phi) is 5.79. The molecule has 7 nitrogen and oxygen atoms in total. The lowest BCUT2D eigenvalue weighted by Crippen LogP contribution is -2.48. The summed E-state index contributed by atoms with van der Waals surface area (Å²) in [6.45, 7) is 2.76. The number of anilines is 2. The summed E-state index contributed by atoms with van der Waals surface area (Å²) >= 11 is 6.55. The smallest absolute Gasteiger partial charge is 0.255 e. The highest BCUT2D eigenvalue weighted by molar-refractivity contribution is 6.33. The zero-order chi connectivity index (χ0) is 22.8. The van der Waals surface area contributed by atoms with Crippen LogP contribution in [0.15, 0.2) is 66.7 Å². The zero-order valence-corrected chi connectivity index (χ0v) is 18.5. The van der Waals surface area contributed by atoms with Crippen molar-refractivity contribution >= 4 is 34.8 Å². The first-order chi connectivity index (χ1) is 16.1. The molecule has 2 heterocycles. The van der Waals surface area contributed by atoms with Crippen molar-refractivity contribution in [3.05, 3.63) is 82.9 Å². The third-order valence-corrected chi connectivity index (χ3v) is 6.07. The molecule has 0 bridgehead atoms. The summed E-state index contributed by atoms with van der Waals surface area (Å²) in [7, 11) is 0. The lowest BCUT2D eigenvalue weighted by Gasteiger charge is -2.36. The predicted molar refractivity (Wildman–Crippen MR) is 127 cm³/mol. The molecule has 1 N–H and O–H groups in total. The number of ether oxygens (including phenoxy) is 2. The van der Waals surface area contributed by atoms with Gasteiger partial charge in [0.1, 0.15) is 0 Å². The molecule has 0 spiro atoms. The maximum Gasteiger partial charge on any atom is 0.255 e. The van der Waals surface area contributed by atoms with Crippen molar-refractivity contribution in [2.24, 2.45) is 0 Å². The van der Waals surface area contributed by atoms with Crippen LogP contribution in [0.2, 0.25) is 5.02 Å². The van der Waals surface area contributed by atoms with Crippen molar-refractivity contribution in [3.8, 4) is 11.5 Å². The summed E-state index contributed by atoms with van der Waals surface area (Å²) in [5.74, 6) is 0.971. The first-order valence-electron chi connectivity index (χ1n) is 10.7. The number of carbonyl (C=O) groups is 2. The van der Waals surface area contributed by atoms with E-state index in [1.54, 1.807) is 24.3 Å². The summed E-state index contributed by atoms with van der Waals surface area (Å²) in [6.07, 6.45) is 0. The molecule has 2 aliphatic heterocycles. The monoisotopic (exact) mass is 463 g/mol. The molecule has 3 aromatic rings. The predicted octanol–water partition coefficient (Wildman–Crippen LogP) is 4.28. The number of halogens is 1. The van der Waals surface area contributed by atoms with Crippen LogP contribution in [0.3, 0.4) is 0 Å². The molecule has 1 saturated heterocycles. The first-order valence-corrected chi connectivity index (χ1v) is 11.1. The fraction of sp³-hybridized carbons (Fsp3) is 0.200. The third kappa shape index (κ3) is 4.45. The first kappa shape index (κ1) is 21.2. The van der Waals surface area contributed by atoms with E-state index in [9.17, 15) is 9.59 Å². The molecule has 2 aliphatic rings. The maximum atomic E-state index is 12.7. The normalized spacial score (nSPS) is 14.8. The van der Waals surface area contributed by atoms with Gasteiger partial charge in [0.25, 0.3) is 11.8 Å². The summed E-state index contributed by atoms with van der Waals surface area (Å²) in [6, 6.07) is 19.8. The van der Waals surface area contributed by atoms with Crippen LogP contribution in [0.5, 0.6) is 11.5 Å². The second-order valence-electron chi connectivity index (χ2n) is 7.83. The average Bonchev–Trinajstić information content (AvgIpc) is 3.32. The Morgan fingerprint density at radius 3 is 2.33 bits per heavy atom. The minimum absolute atomic E-state index is 0.0444. The molecular weight excluding hydrogens is 442 g/mol. The Labute approximate surface area is 196 Å². The van der Waals surface area contributed by atoms with Crippen LogP contribution >= 0.6 is 11.6 Å². The summed E-state index contributed by atoms with van der Waals surface area (Å²) in [5, 5.41) is 3.41. The topological polar surface area (TPSA) is 71.1 Å². The van der Waals surface area contributed by atoms with E-state index in [0.717, 1.165) is 5.69 Å². The van der Waals surface area contributed by atoms with Crippen LogP contribution in [-0.4, -0.2) is 49.7 Å². The Hall–Kier alpha value is -3.71. The van der Waals surface area contributed by atoms with E-state index in [1.165, 1.54) is 0 Å². The van der Waals surface area contributed by atoms with E-state index in [2.05, 4.69) is 10.2 Å². The molecule has 33 heavy (non-hydrogen) atoms. The van der Waals surface area contributed by atoms with Crippen molar-refractivity contribution in [2.45, 2.75) is 0 Å². The van der Waals surface area contributed by atoms with Gasteiger partial charge in [-0.25, -0.2) is 0 Å². The number of fused-ring (bicyclic) bond motifs is 1. The van der Waals surface area contributed by atoms with E-state index < -0.39 is 0 Å². The molecule has 1 fully saturated rings. The van der Waals surface area contributed by atoms with Crippen LogP contribution in [0.25, 0.3) is 0 Å². The van der Waals surface area contributed by atoms with E-state index in [0.29, 0.717) is 59.5 Å². The largest absolute Gasteiger partial charge is 0.454 e. The molecule has 3 aromatic carbocycles. The number of nitrogens with one attached hydrogen (secondary N) is 1. The molecule has 0 saturated carbocycles. The second kappa shape index (κ2) is 9.03. The highest BCUT2D eigenvalue weighted by Gasteiger charge is 2.23. The van der Waals surface area contributed by atoms with E-state index in [4.69, 9.17) is 21.1 Å². The summed E-state index contributed by atoms with van der Waals surface area (Å²) < 4.78 is 10.6. The molecule has 0 unspecified atom stereocenters. The van der Waals surface area contributed by atoms with Gasteiger partial charge in [0.2, 0.25) is 6.79 Å². The van der Waals surface area contributed by atoms with Gasteiger partial charge in [-0.2, -0.15) is 0 Å². The number of nitrogens with zero attached hydrogens (tertiary/aromatic N) is 2. The number of benzene rings is 3. The van der Waals surface area contributed by atoms with Gasteiger partial charge < -0.3 is 24.6 Å². The number of piperazine rings is 1. The zero-order valence-electron chi connectivity index (χ0n) is 17.8. The molecule has 8 heteroatoms. The van der Waals surface area contributed by atoms with Crippen LogP contribution in [0.1, 0.15) is 20.7 Å². The third-order valence-electron chi connectivity index (χ3n) is 5.77. The number of carbonyl (C=O) groups excluding carboxylic acids is 2. The quantitative estimate of drug-likeness (QED) is 0.625. The van der Waals surface area contributed by atoms with Crippen LogP contribution in [0, 0.1) is 0 Å². The van der Waals surface area contributed by atoms with Gasteiger partial charge >= 0.3 is 0 Å². The van der Waals surface area contributed by atoms with Gasteiger partial charge in [-0.3, -0.25) is 9.59 Å². The molecule has 2 amide bonds. The lowest BCUT2D eigenvalue weighted by molar-refractivity contribution is 0.0746. The molecule has 5 rings (SSSR count). The summed E-state index contributed by atoms with van der Waals surface area (Å²) in [4.78, 5) is 29.3. The molecule has 168 valence electrons. The van der Waals surface area contributed by atoms with Crippen LogP contribution in [-0.2, 0) is 0 Å². The fourth-order valence-electron chi connectivity index (χ4n) is 4.00. The van der Waals surface area contributed by atoms with Gasteiger partial charge in [-0.05, 0) is 48.5 Å². The standard InChI is InChI=1S/C25H22ClN3O4/c26-20-15-19(27-24(30)18-6-9-22-23(14-18)33-16-32-22)7-8-21(20)28-10-12-29(13-11-28)25(31)17-4-2-1-3-5-17/h1-9,14-15H,10-13,16H2,(H,27,30). The van der Waals surface area contributed by atoms with E-state index in [-0.39, 0.29) is 18.6 Å². The summed E-state index contributed by atoms with van der Waals surface area (Å²) in [5.41, 5.74) is 2.65. The van der Waals surface area contributed by atoms with Crippen molar-refractivity contribution < 1.29 is 19.1 Å². The fourth-order valence-corrected chi connectivity index (χ4v) is 4.30. The lowest BCUT2D eigenvalue weighted by atomic mass is 10.1. The number of hydrogen-bond acceptors (Lipinski definition) is 5. The highest BCUT2D eigenvalue weighted by atomic mass is 35.5.